The van der Waals surface area contributed by atoms with Crippen molar-refractivity contribution < 1.29 is 27.4 Å². The molecule has 3 aromatic carbocycles. The summed E-state index contributed by atoms with van der Waals surface area (Å²) < 4.78 is 68.8. The zero-order valence-corrected chi connectivity index (χ0v) is 25.4. The van der Waals surface area contributed by atoms with E-state index >= 15 is 8.78 Å². The Labute approximate surface area is 272 Å². The molecule has 6 aromatic rings. The second kappa shape index (κ2) is 13.5. The van der Waals surface area contributed by atoms with Gasteiger partial charge < -0.3 is 9.84 Å². The Morgan fingerprint density at radius 2 is 1.69 bits per heavy atom. The third-order valence-corrected chi connectivity index (χ3v) is 7.76. The maximum Gasteiger partial charge on any atom is 0.323 e. The molecule has 0 saturated carbocycles. The van der Waals surface area contributed by atoms with E-state index in [4.69, 9.17) is 4.74 Å². The summed E-state index contributed by atoms with van der Waals surface area (Å²) in [5.41, 5.74) is -1.84. The van der Waals surface area contributed by atoms with Gasteiger partial charge in [-0.15, -0.1) is 5.10 Å². The van der Waals surface area contributed by atoms with Gasteiger partial charge in [-0.1, -0.05) is 36.1 Å². The molecule has 0 aliphatic rings. The number of rotatable bonds is 10. The fourth-order valence-corrected chi connectivity index (χ4v) is 5.03. The van der Waals surface area contributed by atoms with Gasteiger partial charge in [0, 0.05) is 41.3 Å². The van der Waals surface area contributed by atoms with Gasteiger partial charge in [0.2, 0.25) is 0 Å². The molecule has 242 valence electrons. The maximum atomic E-state index is 16.0. The van der Waals surface area contributed by atoms with Crippen molar-refractivity contribution >= 4 is 0 Å². The Bertz CT molecular complexity index is 2030. The minimum Gasteiger partial charge on any atom is -0.489 e. The molecule has 0 saturated heterocycles. The van der Waals surface area contributed by atoms with Crippen LogP contribution < -0.4 is 4.74 Å². The van der Waals surface area contributed by atoms with Crippen molar-refractivity contribution in [2.24, 2.45) is 0 Å². The lowest BCUT2D eigenvalue weighted by Crippen LogP contribution is -2.48. The first-order valence-electron chi connectivity index (χ1n) is 14.7. The second-order valence-electron chi connectivity index (χ2n) is 11.0. The zero-order valence-electron chi connectivity index (χ0n) is 25.4. The Hall–Kier alpha value is -5.87. The standard InChI is InChI=1S/C35H27F4N7O2/c1-24(46-18-2-17-42-46)28-10-5-27(6-11-28)21-48-30-13-7-25(8-14-30)3-4-26-9-16-33(40-20-26)35(38,39)34(47,22-45-23-41-43-44-45)31-15-12-29(36)19-32(31)37/h2,5-20,23-24,47H,21-22H2,1H3. The molecular weight excluding hydrogens is 626 g/mol. The van der Waals surface area contributed by atoms with E-state index in [9.17, 15) is 13.9 Å². The summed E-state index contributed by atoms with van der Waals surface area (Å²) in [6, 6.07) is 21.4. The molecule has 0 fully saturated rings. The molecule has 48 heavy (non-hydrogen) atoms. The van der Waals surface area contributed by atoms with Crippen LogP contribution in [-0.2, 0) is 24.7 Å². The van der Waals surface area contributed by atoms with E-state index in [1.807, 2.05) is 29.1 Å². The van der Waals surface area contributed by atoms with Gasteiger partial charge in [0.05, 0.1) is 12.6 Å². The molecule has 0 aliphatic heterocycles. The van der Waals surface area contributed by atoms with Crippen molar-refractivity contribution in [2.75, 3.05) is 0 Å². The number of tetrazole rings is 1. The van der Waals surface area contributed by atoms with Gasteiger partial charge in [-0.05, 0) is 83.1 Å². The van der Waals surface area contributed by atoms with Crippen LogP contribution in [0.5, 0.6) is 5.75 Å². The largest absolute Gasteiger partial charge is 0.489 e. The summed E-state index contributed by atoms with van der Waals surface area (Å²) in [6.07, 6.45) is 5.78. The van der Waals surface area contributed by atoms with Crippen LogP contribution in [0.15, 0.2) is 110 Å². The Kier molecular flexibility index (Phi) is 9.00. The second-order valence-corrected chi connectivity index (χ2v) is 11.0. The molecule has 13 heteroatoms. The molecule has 9 nitrogen and oxygen atoms in total. The lowest BCUT2D eigenvalue weighted by Gasteiger charge is -2.35. The van der Waals surface area contributed by atoms with Crippen molar-refractivity contribution in [2.45, 2.75) is 37.6 Å². The number of aromatic nitrogens is 7. The number of ether oxygens (including phenoxy) is 1. The normalized spacial score (nSPS) is 13.3. The number of hydrogen-bond donors (Lipinski definition) is 1. The molecule has 2 atom stereocenters. The van der Waals surface area contributed by atoms with Crippen LogP contribution in [0, 0.1) is 23.5 Å². The molecule has 0 radical (unpaired) electrons. The zero-order chi connectivity index (χ0) is 33.7. The molecule has 0 amide bonds. The van der Waals surface area contributed by atoms with Crippen LogP contribution in [0.2, 0.25) is 0 Å². The average Bonchev–Trinajstić information content (AvgIpc) is 3.82. The molecule has 1 N–H and O–H groups in total. The predicted molar refractivity (Wildman–Crippen MR) is 165 cm³/mol. The lowest BCUT2D eigenvalue weighted by atomic mass is 9.84. The summed E-state index contributed by atoms with van der Waals surface area (Å²) >= 11 is 0. The fraction of sp³-hybridized carbons (Fsp3) is 0.171. The highest BCUT2D eigenvalue weighted by Gasteiger charge is 2.58. The van der Waals surface area contributed by atoms with E-state index < -0.39 is 41.0 Å². The number of nitrogens with zero attached hydrogens (tertiary/aromatic N) is 7. The molecule has 0 aliphatic carbocycles. The number of halogens is 4. The Morgan fingerprint density at radius 1 is 0.938 bits per heavy atom. The van der Waals surface area contributed by atoms with Crippen molar-refractivity contribution in [1.29, 1.82) is 0 Å². The molecule has 0 bridgehead atoms. The van der Waals surface area contributed by atoms with Gasteiger partial charge >= 0.3 is 5.92 Å². The molecular formula is C35H27F4N7O2. The van der Waals surface area contributed by atoms with Gasteiger partial charge in [0.1, 0.15) is 36.0 Å². The monoisotopic (exact) mass is 653 g/mol. The molecule has 3 heterocycles. The quantitative estimate of drug-likeness (QED) is 0.147. The number of benzene rings is 3. The third-order valence-electron chi connectivity index (χ3n) is 7.76. The average molecular weight is 654 g/mol. The van der Waals surface area contributed by atoms with E-state index in [2.05, 4.69) is 56.5 Å². The Morgan fingerprint density at radius 3 is 2.33 bits per heavy atom. The first-order chi connectivity index (χ1) is 23.1. The van der Waals surface area contributed by atoms with Crippen molar-refractivity contribution in [3.05, 3.63) is 155 Å². The molecule has 2 unspecified atom stereocenters. The number of alkyl halides is 2. The van der Waals surface area contributed by atoms with E-state index in [1.54, 1.807) is 30.5 Å². The summed E-state index contributed by atoms with van der Waals surface area (Å²) in [5, 5.41) is 25.9. The van der Waals surface area contributed by atoms with Gasteiger partial charge in [-0.2, -0.15) is 13.9 Å². The van der Waals surface area contributed by atoms with Crippen LogP contribution >= 0.6 is 0 Å². The number of hydrogen-bond acceptors (Lipinski definition) is 7. The lowest BCUT2D eigenvalue weighted by molar-refractivity contribution is -0.207. The van der Waals surface area contributed by atoms with Gasteiger partial charge in [-0.3, -0.25) is 9.67 Å². The van der Waals surface area contributed by atoms with Crippen molar-refractivity contribution in [3.8, 4) is 17.6 Å². The predicted octanol–water partition coefficient (Wildman–Crippen LogP) is 5.81. The number of aliphatic hydroxyl groups is 1. The minimum atomic E-state index is -4.17. The van der Waals surface area contributed by atoms with Gasteiger partial charge in [-0.25, -0.2) is 13.5 Å². The maximum absolute atomic E-state index is 16.0. The van der Waals surface area contributed by atoms with Crippen LogP contribution in [0.3, 0.4) is 0 Å². The van der Waals surface area contributed by atoms with Crippen LogP contribution in [0.4, 0.5) is 17.6 Å². The SMILES string of the molecule is CC(c1ccc(COc2ccc(C#Cc3ccc(C(F)(F)C(O)(Cn4cnnn4)c4ccc(F)cc4F)nc3)cc2)cc1)n1cccn1. The van der Waals surface area contributed by atoms with Gasteiger partial charge in [0.25, 0.3) is 0 Å². The van der Waals surface area contributed by atoms with E-state index in [1.165, 1.54) is 6.07 Å². The minimum absolute atomic E-state index is 0.117. The summed E-state index contributed by atoms with van der Waals surface area (Å²) in [5.74, 6) is -0.0681. The van der Waals surface area contributed by atoms with Crippen molar-refractivity contribution in [3.63, 3.8) is 0 Å². The molecule has 6 rings (SSSR count). The highest BCUT2D eigenvalue weighted by molar-refractivity contribution is 5.44. The highest BCUT2D eigenvalue weighted by atomic mass is 19.3. The molecule has 3 aromatic heterocycles. The summed E-state index contributed by atoms with van der Waals surface area (Å²) in [7, 11) is 0. The molecule has 0 spiro atoms. The van der Waals surface area contributed by atoms with Crippen molar-refractivity contribution in [1.82, 2.24) is 35.0 Å². The summed E-state index contributed by atoms with van der Waals surface area (Å²) in [4.78, 5) is 3.83. The topological polar surface area (TPSA) is 104 Å². The highest BCUT2D eigenvalue weighted by Crippen LogP contribution is 2.46. The van der Waals surface area contributed by atoms with Crippen LogP contribution in [-0.4, -0.2) is 40.1 Å². The van der Waals surface area contributed by atoms with E-state index in [-0.39, 0.29) is 6.04 Å². The fourth-order valence-electron chi connectivity index (χ4n) is 5.03. The van der Waals surface area contributed by atoms with Gasteiger partial charge in [0.15, 0.2) is 5.60 Å². The first-order valence-corrected chi connectivity index (χ1v) is 14.7. The third kappa shape index (κ3) is 6.79. The smallest absolute Gasteiger partial charge is 0.323 e. The Balaban J connectivity index is 1.11. The number of pyridine rings is 1. The first kappa shape index (κ1) is 32.1. The van der Waals surface area contributed by atoms with Crippen LogP contribution in [0.1, 0.15) is 46.5 Å². The van der Waals surface area contributed by atoms with E-state index in [0.29, 0.717) is 29.5 Å². The van der Waals surface area contributed by atoms with Crippen LogP contribution in [0.25, 0.3) is 0 Å². The van der Waals surface area contributed by atoms with E-state index in [0.717, 1.165) is 46.5 Å². The summed E-state index contributed by atoms with van der Waals surface area (Å²) in [6.45, 7) is 1.51.